The second-order valence-corrected chi connectivity index (χ2v) is 4.81. The molecule has 1 aromatic rings. The minimum atomic E-state index is -4.30. The molecule has 0 aliphatic heterocycles. The SMILES string of the molecule is OCC(CCOCC(F)(F)F)c1cccc(Br)c1. The number of benzene rings is 1. The van der Waals surface area contributed by atoms with Crippen molar-refractivity contribution in [3.8, 4) is 0 Å². The quantitative estimate of drug-likeness (QED) is 0.811. The van der Waals surface area contributed by atoms with E-state index < -0.39 is 12.8 Å². The van der Waals surface area contributed by atoms with Gasteiger partial charge in [-0.25, -0.2) is 0 Å². The summed E-state index contributed by atoms with van der Waals surface area (Å²) >= 11 is 3.31. The van der Waals surface area contributed by atoms with Crippen molar-refractivity contribution in [3.05, 3.63) is 34.3 Å². The van der Waals surface area contributed by atoms with Crippen LogP contribution in [0.2, 0.25) is 0 Å². The summed E-state index contributed by atoms with van der Waals surface area (Å²) in [5, 5.41) is 9.24. The molecule has 1 unspecified atom stereocenters. The van der Waals surface area contributed by atoms with Gasteiger partial charge in [0, 0.05) is 17.0 Å². The molecule has 0 aliphatic carbocycles. The largest absolute Gasteiger partial charge is 0.411 e. The van der Waals surface area contributed by atoms with E-state index in [-0.39, 0.29) is 19.1 Å². The second kappa shape index (κ2) is 7.11. The molecule has 0 saturated heterocycles. The fourth-order valence-electron chi connectivity index (χ4n) is 1.54. The van der Waals surface area contributed by atoms with Crippen LogP contribution in [-0.2, 0) is 4.74 Å². The highest BCUT2D eigenvalue weighted by Crippen LogP contribution is 2.23. The van der Waals surface area contributed by atoms with E-state index in [1.807, 2.05) is 24.3 Å². The Hall–Kier alpha value is -0.590. The maximum atomic E-state index is 11.9. The molecule has 0 spiro atoms. The number of halogens is 4. The molecule has 2 nitrogen and oxygen atoms in total. The third-order valence-electron chi connectivity index (χ3n) is 2.42. The first-order chi connectivity index (χ1) is 8.42. The van der Waals surface area contributed by atoms with Crippen LogP contribution in [-0.4, -0.2) is 31.1 Å². The zero-order chi connectivity index (χ0) is 13.6. The average Bonchev–Trinajstić information content (AvgIpc) is 2.27. The summed E-state index contributed by atoms with van der Waals surface area (Å²) in [5.41, 5.74) is 0.877. The Morgan fingerprint density at radius 1 is 1.33 bits per heavy atom. The molecule has 102 valence electrons. The third-order valence-corrected chi connectivity index (χ3v) is 2.91. The van der Waals surface area contributed by atoms with Crippen LogP contribution in [0.5, 0.6) is 0 Å². The van der Waals surface area contributed by atoms with Gasteiger partial charge in [0.1, 0.15) is 6.61 Å². The number of ether oxygens (including phenoxy) is 1. The fraction of sp³-hybridized carbons (Fsp3) is 0.500. The number of alkyl halides is 3. The standard InChI is InChI=1S/C12H14BrF3O2/c13-11-3-1-2-9(6-11)10(7-17)4-5-18-8-12(14,15)16/h1-3,6,10,17H,4-5,7-8H2. The average molecular weight is 327 g/mol. The Morgan fingerprint density at radius 3 is 2.61 bits per heavy atom. The summed E-state index contributed by atoms with van der Waals surface area (Å²) in [5.74, 6) is -0.212. The summed E-state index contributed by atoms with van der Waals surface area (Å²) in [7, 11) is 0. The van der Waals surface area contributed by atoms with Crippen LogP contribution >= 0.6 is 15.9 Å². The van der Waals surface area contributed by atoms with E-state index in [1.54, 1.807) is 0 Å². The zero-order valence-corrected chi connectivity index (χ0v) is 11.2. The van der Waals surface area contributed by atoms with E-state index in [4.69, 9.17) is 0 Å². The van der Waals surface area contributed by atoms with Crippen molar-refractivity contribution < 1.29 is 23.0 Å². The molecule has 0 saturated carbocycles. The Morgan fingerprint density at radius 2 is 2.06 bits per heavy atom. The number of aliphatic hydroxyl groups is 1. The van der Waals surface area contributed by atoms with Gasteiger partial charge >= 0.3 is 6.18 Å². The molecule has 6 heteroatoms. The first kappa shape index (κ1) is 15.5. The molecule has 0 bridgehead atoms. The lowest BCUT2D eigenvalue weighted by molar-refractivity contribution is -0.174. The van der Waals surface area contributed by atoms with Crippen LogP contribution in [0.25, 0.3) is 0 Å². The normalized spacial score (nSPS) is 13.6. The van der Waals surface area contributed by atoms with E-state index in [9.17, 15) is 18.3 Å². The molecule has 1 rings (SSSR count). The zero-order valence-electron chi connectivity index (χ0n) is 9.58. The highest BCUT2D eigenvalue weighted by atomic mass is 79.9. The molecular weight excluding hydrogens is 313 g/mol. The molecular formula is C12H14BrF3O2. The number of hydrogen-bond donors (Lipinski definition) is 1. The molecule has 0 radical (unpaired) electrons. The van der Waals surface area contributed by atoms with Gasteiger partial charge in [0.15, 0.2) is 0 Å². The predicted octanol–water partition coefficient (Wildman–Crippen LogP) is 3.49. The number of hydrogen-bond acceptors (Lipinski definition) is 2. The molecule has 1 N–H and O–H groups in total. The summed E-state index contributed by atoms with van der Waals surface area (Å²) in [6.45, 7) is -1.40. The van der Waals surface area contributed by atoms with Gasteiger partial charge in [0.2, 0.25) is 0 Å². The summed E-state index contributed by atoms with van der Waals surface area (Å²) < 4.78 is 41.0. The third kappa shape index (κ3) is 5.84. The lowest BCUT2D eigenvalue weighted by atomic mass is 9.97. The molecule has 0 fully saturated rings. The Kier molecular flexibility index (Phi) is 6.11. The van der Waals surface area contributed by atoms with E-state index in [2.05, 4.69) is 20.7 Å². The van der Waals surface area contributed by atoms with Crippen LogP contribution in [0.4, 0.5) is 13.2 Å². The minimum Gasteiger partial charge on any atom is -0.396 e. The number of rotatable bonds is 6. The summed E-state index contributed by atoms with van der Waals surface area (Å²) in [4.78, 5) is 0. The van der Waals surface area contributed by atoms with Crippen LogP contribution in [0, 0.1) is 0 Å². The molecule has 0 heterocycles. The monoisotopic (exact) mass is 326 g/mol. The lowest BCUT2D eigenvalue weighted by Crippen LogP contribution is -2.18. The van der Waals surface area contributed by atoms with Crippen LogP contribution in [0.3, 0.4) is 0 Å². The Bertz CT molecular complexity index is 369. The van der Waals surface area contributed by atoms with Gasteiger partial charge in [-0.3, -0.25) is 0 Å². The van der Waals surface area contributed by atoms with Crippen molar-refractivity contribution >= 4 is 15.9 Å². The van der Waals surface area contributed by atoms with Crippen molar-refractivity contribution in [2.45, 2.75) is 18.5 Å². The summed E-state index contributed by atoms with van der Waals surface area (Å²) in [6, 6.07) is 7.33. The summed E-state index contributed by atoms with van der Waals surface area (Å²) in [6.07, 6.45) is -3.95. The molecule has 0 aliphatic rings. The topological polar surface area (TPSA) is 29.5 Å². The van der Waals surface area contributed by atoms with Gasteiger partial charge in [-0.2, -0.15) is 13.2 Å². The van der Waals surface area contributed by atoms with Crippen molar-refractivity contribution in [1.82, 2.24) is 0 Å². The fourth-order valence-corrected chi connectivity index (χ4v) is 1.95. The van der Waals surface area contributed by atoms with Crippen molar-refractivity contribution in [3.63, 3.8) is 0 Å². The van der Waals surface area contributed by atoms with Crippen molar-refractivity contribution in [1.29, 1.82) is 0 Å². The van der Waals surface area contributed by atoms with Gasteiger partial charge in [-0.05, 0) is 24.1 Å². The maximum Gasteiger partial charge on any atom is 0.411 e. The molecule has 18 heavy (non-hydrogen) atoms. The van der Waals surface area contributed by atoms with E-state index in [1.165, 1.54) is 0 Å². The van der Waals surface area contributed by atoms with Crippen molar-refractivity contribution in [2.24, 2.45) is 0 Å². The predicted molar refractivity (Wildman–Crippen MR) is 65.5 cm³/mol. The van der Waals surface area contributed by atoms with Gasteiger partial charge < -0.3 is 9.84 Å². The van der Waals surface area contributed by atoms with E-state index in [0.717, 1.165) is 10.0 Å². The number of aliphatic hydroxyl groups excluding tert-OH is 1. The van der Waals surface area contributed by atoms with Crippen molar-refractivity contribution in [2.75, 3.05) is 19.8 Å². The molecule has 1 aromatic carbocycles. The Labute approximate surface area is 112 Å². The highest BCUT2D eigenvalue weighted by molar-refractivity contribution is 9.10. The van der Waals surface area contributed by atoms with Crippen LogP contribution in [0.15, 0.2) is 28.7 Å². The van der Waals surface area contributed by atoms with Crippen LogP contribution < -0.4 is 0 Å². The second-order valence-electron chi connectivity index (χ2n) is 3.89. The molecule has 0 aromatic heterocycles. The van der Waals surface area contributed by atoms with Gasteiger partial charge in [-0.15, -0.1) is 0 Å². The first-order valence-electron chi connectivity index (χ1n) is 5.43. The Balaban J connectivity index is 2.43. The first-order valence-corrected chi connectivity index (χ1v) is 6.22. The highest BCUT2D eigenvalue weighted by Gasteiger charge is 2.27. The van der Waals surface area contributed by atoms with E-state index >= 15 is 0 Å². The van der Waals surface area contributed by atoms with Crippen LogP contribution in [0.1, 0.15) is 17.9 Å². The van der Waals surface area contributed by atoms with E-state index in [0.29, 0.717) is 6.42 Å². The smallest absolute Gasteiger partial charge is 0.396 e. The van der Waals surface area contributed by atoms with Gasteiger partial charge in [0.05, 0.1) is 6.61 Å². The van der Waals surface area contributed by atoms with Gasteiger partial charge in [-0.1, -0.05) is 28.1 Å². The van der Waals surface area contributed by atoms with Gasteiger partial charge in [0.25, 0.3) is 0 Å². The maximum absolute atomic E-state index is 11.9. The molecule has 1 atom stereocenters. The molecule has 0 amide bonds. The minimum absolute atomic E-state index is 0.0305. The lowest BCUT2D eigenvalue weighted by Gasteiger charge is -2.15.